The second kappa shape index (κ2) is 11.5. The lowest BCUT2D eigenvalue weighted by Crippen LogP contribution is -2.35. The number of carboxylic acid groups (broad SMARTS) is 1. The van der Waals surface area contributed by atoms with Crippen LogP contribution in [0.4, 0.5) is 4.79 Å². The standard InChI is InChI=1S/C26H32N2O5/c1-3-18(15-24(29)28(2)14-8-13-25(30)31)16-27-26(32)33-17-23-21-11-6-4-9-19(21)20-10-5-7-12-22(20)23/h4-7,9-12,18,23H,3,8,13-17H2,1-2H3,(H,27,32)(H,30,31). The van der Waals surface area contributed by atoms with Gasteiger partial charge in [-0.1, -0.05) is 61.9 Å². The van der Waals surface area contributed by atoms with Crippen molar-refractivity contribution in [2.75, 3.05) is 26.7 Å². The van der Waals surface area contributed by atoms with Crippen molar-refractivity contribution in [1.29, 1.82) is 0 Å². The van der Waals surface area contributed by atoms with Crippen LogP contribution in [0.1, 0.15) is 49.7 Å². The number of hydrogen-bond donors (Lipinski definition) is 2. The van der Waals surface area contributed by atoms with Gasteiger partial charge in [0.15, 0.2) is 0 Å². The maximum absolute atomic E-state index is 12.4. The Balaban J connectivity index is 1.47. The summed E-state index contributed by atoms with van der Waals surface area (Å²) in [4.78, 5) is 37.0. The summed E-state index contributed by atoms with van der Waals surface area (Å²) < 4.78 is 5.56. The van der Waals surface area contributed by atoms with Gasteiger partial charge in [-0.05, 0) is 34.6 Å². The number of nitrogens with zero attached hydrogens (tertiary/aromatic N) is 1. The van der Waals surface area contributed by atoms with Gasteiger partial charge in [0.05, 0.1) is 0 Å². The van der Waals surface area contributed by atoms with E-state index in [0.29, 0.717) is 25.9 Å². The van der Waals surface area contributed by atoms with E-state index in [2.05, 4.69) is 29.6 Å². The first-order valence-electron chi connectivity index (χ1n) is 11.4. The molecule has 176 valence electrons. The molecular weight excluding hydrogens is 420 g/mol. The molecule has 1 unspecified atom stereocenters. The monoisotopic (exact) mass is 452 g/mol. The second-order valence-corrected chi connectivity index (χ2v) is 8.50. The molecule has 0 radical (unpaired) electrons. The number of nitrogens with one attached hydrogen (secondary N) is 1. The highest BCUT2D eigenvalue weighted by atomic mass is 16.5. The van der Waals surface area contributed by atoms with Gasteiger partial charge in [-0.15, -0.1) is 0 Å². The van der Waals surface area contributed by atoms with Gasteiger partial charge in [0, 0.05) is 38.9 Å². The average molecular weight is 453 g/mol. The molecule has 0 heterocycles. The van der Waals surface area contributed by atoms with Crippen LogP contribution in [0.2, 0.25) is 0 Å². The third kappa shape index (κ3) is 6.34. The van der Waals surface area contributed by atoms with Crippen LogP contribution in [0.5, 0.6) is 0 Å². The molecular formula is C26H32N2O5. The first-order chi connectivity index (χ1) is 15.9. The van der Waals surface area contributed by atoms with E-state index in [-0.39, 0.29) is 30.8 Å². The number of aliphatic carboxylic acids is 1. The lowest BCUT2D eigenvalue weighted by molar-refractivity contribution is -0.138. The number of carbonyl (C=O) groups is 3. The zero-order chi connectivity index (χ0) is 23.8. The SMILES string of the molecule is CCC(CNC(=O)OCC1c2ccccc2-c2ccccc21)CC(=O)N(C)CCCC(=O)O. The zero-order valence-corrected chi connectivity index (χ0v) is 19.3. The van der Waals surface area contributed by atoms with Crippen molar-refractivity contribution in [2.45, 2.75) is 38.5 Å². The van der Waals surface area contributed by atoms with Crippen molar-refractivity contribution in [3.8, 4) is 11.1 Å². The van der Waals surface area contributed by atoms with Crippen LogP contribution >= 0.6 is 0 Å². The van der Waals surface area contributed by atoms with Crippen LogP contribution < -0.4 is 5.32 Å². The molecule has 2 amide bonds. The number of alkyl carbamates (subject to hydrolysis) is 1. The summed E-state index contributed by atoms with van der Waals surface area (Å²) in [5.74, 6) is -0.929. The lowest BCUT2D eigenvalue weighted by atomic mass is 9.98. The molecule has 0 fully saturated rings. The van der Waals surface area contributed by atoms with Crippen LogP contribution in [0, 0.1) is 5.92 Å². The summed E-state index contributed by atoms with van der Waals surface area (Å²) in [6, 6.07) is 16.4. The number of carbonyl (C=O) groups excluding carboxylic acids is 2. The van der Waals surface area contributed by atoms with Gasteiger partial charge in [0.25, 0.3) is 0 Å². The fourth-order valence-electron chi connectivity index (χ4n) is 4.23. The Morgan fingerprint density at radius 2 is 1.67 bits per heavy atom. The fraction of sp³-hybridized carbons (Fsp3) is 0.423. The van der Waals surface area contributed by atoms with Crippen LogP contribution in [0.3, 0.4) is 0 Å². The third-order valence-electron chi connectivity index (χ3n) is 6.23. The number of rotatable bonds is 11. The predicted molar refractivity (Wildman–Crippen MR) is 126 cm³/mol. The molecule has 0 saturated carbocycles. The number of amides is 2. The quantitative estimate of drug-likeness (QED) is 0.531. The van der Waals surface area contributed by atoms with E-state index < -0.39 is 12.1 Å². The second-order valence-electron chi connectivity index (χ2n) is 8.50. The molecule has 0 aliphatic heterocycles. The van der Waals surface area contributed by atoms with E-state index in [0.717, 1.165) is 17.5 Å². The highest BCUT2D eigenvalue weighted by molar-refractivity contribution is 5.79. The number of hydrogen-bond acceptors (Lipinski definition) is 4. The molecule has 2 aromatic carbocycles. The molecule has 7 nitrogen and oxygen atoms in total. The van der Waals surface area contributed by atoms with E-state index in [4.69, 9.17) is 9.84 Å². The minimum atomic E-state index is -0.866. The number of fused-ring (bicyclic) bond motifs is 3. The molecule has 1 atom stereocenters. The fourth-order valence-corrected chi connectivity index (χ4v) is 4.23. The summed E-state index contributed by atoms with van der Waals surface area (Å²) in [5.41, 5.74) is 4.68. The first-order valence-corrected chi connectivity index (χ1v) is 11.4. The van der Waals surface area contributed by atoms with Crippen molar-refractivity contribution >= 4 is 18.0 Å². The molecule has 3 rings (SSSR count). The van der Waals surface area contributed by atoms with Crippen molar-refractivity contribution in [2.24, 2.45) is 5.92 Å². The molecule has 1 aliphatic carbocycles. The predicted octanol–water partition coefficient (Wildman–Crippen LogP) is 4.26. The molecule has 2 aromatic rings. The summed E-state index contributed by atoms with van der Waals surface area (Å²) in [7, 11) is 1.68. The smallest absolute Gasteiger partial charge is 0.407 e. The molecule has 0 bridgehead atoms. The minimum Gasteiger partial charge on any atom is -0.481 e. The van der Waals surface area contributed by atoms with Crippen molar-refractivity contribution in [3.05, 3.63) is 59.7 Å². The summed E-state index contributed by atoms with van der Waals surface area (Å²) >= 11 is 0. The Kier molecular flexibility index (Phi) is 8.46. The third-order valence-corrected chi connectivity index (χ3v) is 6.23. The zero-order valence-electron chi connectivity index (χ0n) is 19.3. The Morgan fingerprint density at radius 3 is 2.24 bits per heavy atom. The maximum atomic E-state index is 12.4. The van der Waals surface area contributed by atoms with E-state index in [1.807, 2.05) is 31.2 Å². The van der Waals surface area contributed by atoms with Gasteiger partial charge in [-0.25, -0.2) is 4.79 Å². The van der Waals surface area contributed by atoms with E-state index in [1.165, 1.54) is 11.1 Å². The number of ether oxygens (including phenoxy) is 1. The van der Waals surface area contributed by atoms with E-state index >= 15 is 0 Å². The highest BCUT2D eigenvalue weighted by Gasteiger charge is 2.29. The summed E-state index contributed by atoms with van der Waals surface area (Å²) in [5, 5.41) is 11.5. The summed E-state index contributed by atoms with van der Waals surface area (Å²) in [6.07, 6.45) is 1.00. The highest BCUT2D eigenvalue weighted by Crippen LogP contribution is 2.44. The number of benzene rings is 2. The lowest BCUT2D eigenvalue weighted by Gasteiger charge is -2.21. The molecule has 7 heteroatoms. The van der Waals surface area contributed by atoms with Gasteiger partial charge in [0.2, 0.25) is 5.91 Å². The topological polar surface area (TPSA) is 95.9 Å². The maximum Gasteiger partial charge on any atom is 0.407 e. The molecule has 2 N–H and O–H groups in total. The van der Waals surface area contributed by atoms with Crippen molar-refractivity contribution < 1.29 is 24.2 Å². The van der Waals surface area contributed by atoms with Gasteiger partial charge in [0.1, 0.15) is 6.61 Å². The Hall–Kier alpha value is -3.35. The summed E-state index contributed by atoms with van der Waals surface area (Å²) in [6.45, 7) is 2.98. The number of carboxylic acids is 1. The van der Waals surface area contributed by atoms with Crippen LogP contribution in [0.15, 0.2) is 48.5 Å². The van der Waals surface area contributed by atoms with Crippen molar-refractivity contribution in [1.82, 2.24) is 10.2 Å². The average Bonchev–Trinajstić information content (AvgIpc) is 3.13. The Labute approximate surface area is 194 Å². The van der Waals surface area contributed by atoms with Crippen molar-refractivity contribution in [3.63, 3.8) is 0 Å². The molecule has 0 spiro atoms. The van der Waals surface area contributed by atoms with Gasteiger partial charge in [-0.3, -0.25) is 9.59 Å². The van der Waals surface area contributed by atoms with Gasteiger partial charge in [-0.2, -0.15) is 0 Å². The van der Waals surface area contributed by atoms with Crippen LogP contribution in [0.25, 0.3) is 11.1 Å². The van der Waals surface area contributed by atoms with Crippen LogP contribution in [-0.4, -0.2) is 54.7 Å². The largest absolute Gasteiger partial charge is 0.481 e. The first kappa shape index (κ1) is 24.3. The molecule has 33 heavy (non-hydrogen) atoms. The molecule has 0 saturated heterocycles. The van der Waals surface area contributed by atoms with Crippen LogP contribution in [-0.2, 0) is 14.3 Å². The molecule has 0 aromatic heterocycles. The Morgan fingerprint density at radius 1 is 1.06 bits per heavy atom. The van der Waals surface area contributed by atoms with Gasteiger partial charge < -0.3 is 20.1 Å². The minimum absolute atomic E-state index is 0.00570. The normalized spacial score (nSPS) is 13.0. The van der Waals surface area contributed by atoms with E-state index in [1.54, 1.807) is 11.9 Å². The molecule has 1 aliphatic rings. The Bertz CT molecular complexity index is 945. The van der Waals surface area contributed by atoms with E-state index in [9.17, 15) is 14.4 Å². The van der Waals surface area contributed by atoms with Gasteiger partial charge >= 0.3 is 12.1 Å².